The van der Waals surface area contributed by atoms with Crippen LogP contribution >= 0.6 is 0 Å². The van der Waals surface area contributed by atoms with E-state index in [4.69, 9.17) is 0 Å². The van der Waals surface area contributed by atoms with Gasteiger partial charge in [0, 0.05) is 25.3 Å². The molecule has 4 nitrogen and oxygen atoms in total. The molecule has 0 atom stereocenters. The number of nitrogens with zero attached hydrogens (tertiary/aromatic N) is 3. The summed E-state index contributed by atoms with van der Waals surface area (Å²) in [6, 6.07) is 0.497. The number of hydrogen-bond acceptors (Lipinski definition) is 3. The fourth-order valence-electron chi connectivity index (χ4n) is 1.07. The summed E-state index contributed by atoms with van der Waals surface area (Å²) in [4.78, 5) is 0. The van der Waals surface area contributed by atoms with Crippen LogP contribution in [0.4, 0.5) is 0 Å². The zero-order valence-electron chi connectivity index (χ0n) is 8.62. The van der Waals surface area contributed by atoms with Crippen molar-refractivity contribution in [1.29, 1.82) is 0 Å². The first kappa shape index (κ1) is 10.2. The van der Waals surface area contributed by atoms with Gasteiger partial charge in [-0.25, -0.2) is 0 Å². The van der Waals surface area contributed by atoms with Crippen molar-refractivity contribution in [3.05, 3.63) is 11.9 Å². The SMILES string of the molecule is CCCn1cc(CNC(C)C)nn1. The van der Waals surface area contributed by atoms with Crippen molar-refractivity contribution in [1.82, 2.24) is 20.3 Å². The Bertz CT molecular complexity index is 242. The van der Waals surface area contributed by atoms with Crippen LogP contribution in [0.25, 0.3) is 0 Å². The number of aromatic nitrogens is 3. The smallest absolute Gasteiger partial charge is 0.0964 e. The average molecular weight is 182 g/mol. The Morgan fingerprint density at radius 1 is 1.54 bits per heavy atom. The molecule has 1 rings (SSSR count). The highest BCUT2D eigenvalue weighted by Crippen LogP contribution is 1.94. The molecular weight excluding hydrogens is 164 g/mol. The Morgan fingerprint density at radius 3 is 2.92 bits per heavy atom. The van der Waals surface area contributed by atoms with Gasteiger partial charge in [-0.1, -0.05) is 26.0 Å². The van der Waals surface area contributed by atoms with Gasteiger partial charge in [-0.15, -0.1) is 5.10 Å². The second-order valence-electron chi connectivity index (χ2n) is 3.51. The molecule has 0 fully saturated rings. The topological polar surface area (TPSA) is 42.7 Å². The molecule has 1 aromatic rings. The second-order valence-corrected chi connectivity index (χ2v) is 3.51. The summed E-state index contributed by atoms with van der Waals surface area (Å²) >= 11 is 0. The first-order valence-electron chi connectivity index (χ1n) is 4.84. The van der Waals surface area contributed by atoms with E-state index in [-0.39, 0.29) is 0 Å². The minimum Gasteiger partial charge on any atom is -0.309 e. The van der Waals surface area contributed by atoms with Gasteiger partial charge in [-0.3, -0.25) is 4.68 Å². The molecule has 4 heteroatoms. The molecule has 0 amide bonds. The van der Waals surface area contributed by atoms with Gasteiger partial charge >= 0.3 is 0 Å². The van der Waals surface area contributed by atoms with Crippen LogP contribution in [0.5, 0.6) is 0 Å². The first-order valence-corrected chi connectivity index (χ1v) is 4.84. The predicted molar refractivity (Wildman–Crippen MR) is 52.3 cm³/mol. The summed E-state index contributed by atoms with van der Waals surface area (Å²) in [5.74, 6) is 0. The number of rotatable bonds is 5. The molecule has 0 aliphatic rings. The summed E-state index contributed by atoms with van der Waals surface area (Å²) in [6.07, 6.45) is 3.10. The third kappa shape index (κ3) is 3.55. The van der Waals surface area contributed by atoms with E-state index in [1.165, 1.54) is 0 Å². The van der Waals surface area contributed by atoms with Crippen LogP contribution < -0.4 is 5.32 Å². The molecule has 1 N–H and O–H groups in total. The molecule has 0 aliphatic carbocycles. The van der Waals surface area contributed by atoms with E-state index in [1.807, 2.05) is 10.9 Å². The number of hydrogen-bond donors (Lipinski definition) is 1. The summed E-state index contributed by atoms with van der Waals surface area (Å²) in [5.41, 5.74) is 1.02. The van der Waals surface area contributed by atoms with Crippen LogP contribution in [-0.4, -0.2) is 21.0 Å². The van der Waals surface area contributed by atoms with Crippen molar-refractivity contribution < 1.29 is 0 Å². The van der Waals surface area contributed by atoms with Gasteiger partial charge in [0.15, 0.2) is 0 Å². The van der Waals surface area contributed by atoms with Crippen LogP contribution in [-0.2, 0) is 13.1 Å². The highest BCUT2D eigenvalue weighted by atomic mass is 15.4. The van der Waals surface area contributed by atoms with Gasteiger partial charge in [0.2, 0.25) is 0 Å². The zero-order valence-corrected chi connectivity index (χ0v) is 8.62. The minimum absolute atomic E-state index is 0.497. The van der Waals surface area contributed by atoms with Gasteiger partial charge in [0.1, 0.15) is 0 Å². The van der Waals surface area contributed by atoms with Crippen molar-refractivity contribution in [2.75, 3.05) is 0 Å². The van der Waals surface area contributed by atoms with Crippen LogP contribution in [0.1, 0.15) is 32.9 Å². The minimum atomic E-state index is 0.497. The van der Waals surface area contributed by atoms with Gasteiger partial charge in [0.05, 0.1) is 5.69 Å². The fourth-order valence-corrected chi connectivity index (χ4v) is 1.07. The van der Waals surface area contributed by atoms with Crippen LogP contribution in [0.3, 0.4) is 0 Å². The molecule has 74 valence electrons. The Morgan fingerprint density at radius 2 is 2.31 bits per heavy atom. The summed E-state index contributed by atoms with van der Waals surface area (Å²) < 4.78 is 1.89. The van der Waals surface area contributed by atoms with Gasteiger partial charge in [0.25, 0.3) is 0 Å². The maximum Gasteiger partial charge on any atom is 0.0964 e. The average Bonchev–Trinajstić information content (AvgIpc) is 2.50. The van der Waals surface area contributed by atoms with E-state index < -0.39 is 0 Å². The molecule has 1 aromatic heterocycles. The molecular formula is C9H18N4. The molecule has 0 bridgehead atoms. The molecule has 0 radical (unpaired) electrons. The lowest BCUT2D eigenvalue weighted by molar-refractivity contribution is 0.576. The highest BCUT2D eigenvalue weighted by Gasteiger charge is 2.00. The third-order valence-corrected chi connectivity index (χ3v) is 1.73. The van der Waals surface area contributed by atoms with Crippen molar-refractivity contribution in [2.45, 2.75) is 46.3 Å². The molecule has 0 saturated heterocycles. The van der Waals surface area contributed by atoms with Gasteiger partial charge < -0.3 is 5.32 Å². The molecule has 13 heavy (non-hydrogen) atoms. The summed E-state index contributed by atoms with van der Waals surface area (Å²) in [5, 5.41) is 11.4. The monoisotopic (exact) mass is 182 g/mol. The van der Waals surface area contributed by atoms with E-state index in [1.54, 1.807) is 0 Å². The quantitative estimate of drug-likeness (QED) is 0.743. The molecule has 1 heterocycles. The van der Waals surface area contributed by atoms with E-state index >= 15 is 0 Å². The Balaban J connectivity index is 2.39. The van der Waals surface area contributed by atoms with Gasteiger partial charge in [-0.2, -0.15) is 0 Å². The lowest BCUT2D eigenvalue weighted by Crippen LogP contribution is -2.21. The van der Waals surface area contributed by atoms with Gasteiger partial charge in [-0.05, 0) is 6.42 Å². The summed E-state index contributed by atoms with van der Waals surface area (Å²) in [6.45, 7) is 8.14. The van der Waals surface area contributed by atoms with Crippen LogP contribution in [0.2, 0.25) is 0 Å². The maximum atomic E-state index is 4.06. The Labute approximate surface area is 79.3 Å². The lowest BCUT2D eigenvalue weighted by atomic mass is 10.3. The molecule has 0 unspecified atom stereocenters. The van der Waals surface area contributed by atoms with Crippen LogP contribution in [0, 0.1) is 0 Å². The van der Waals surface area contributed by atoms with E-state index in [9.17, 15) is 0 Å². The predicted octanol–water partition coefficient (Wildman–Crippen LogP) is 1.19. The van der Waals surface area contributed by atoms with E-state index in [2.05, 4.69) is 36.4 Å². The first-order chi connectivity index (χ1) is 6.22. The third-order valence-electron chi connectivity index (χ3n) is 1.73. The number of aryl methyl sites for hydroxylation is 1. The molecule has 0 aliphatic heterocycles. The highest BCUT2D eigenvalue weighted by molar-refractivity contribution is 4.91. The lowest BCUT2D eigenvalue weighted by Gasteiger charge is -2.03. The maximum absolute atomic E-state index is 4.06. The molecule has 0 saturated carbocycles. The molecule has 0 spiro atoms. The summed E-state index contributed by atoms with van der Waals surface area (Å²) in [7, 11) is 0. The number of nitrogens with one attached hydrogen (secondary N) is 1. The normalized spacial score (nSPS) is 11.1. The fraction of sp³-hybridized carbons (Fsp3) is 0.778. The van der Waals surface area contributed by atoms with E-state index in [0.717, 1.165) is 25.2 Å². The van der Waals surface area contributed by atoms with E-state index in [0.29, 0.717) is 6.04 Å². The second kappa shape index (κ2) is 4.97. The zero-order chi connectivity index (χ0) is 9.68. The van der Waals surface area contributed by atoms with Crippen molar-refractivity contribution in [2.24, 2.45) is 0 Å². The molecule has 0 aromatic carbocycles. The standard InChI is InChI=1S/C9H18N4/c1-4-5-13-7-9(11-12-13)6-10-8(2)3/h7-8,10H,4-6H2,1-3H3. The van der Waals surface area contributed by atoms with Crippen molar-refractivity contribution in [3.8, 4) is 0 Å². The Kier molecular flexibility index (Phi) is 3.89. The van der Waals surface area contributed by atoms with Crippen molar-refractivity contribution >= 4 is 0 Å². The Hall–Kier alpha value is -0.900. The van der Waals surface area contributed by atoms with Crippen molar-refractivity contribution in [3.63, 3.8) is 0 Å². The largest absolute Gasteiger partial charge is 0.309 e. The van der Waals surface area contributed by atoms with Crippen LogP contribution in [0.15, 0.2) is 6.20 Å².